The number of hydrogen-bond acceptors (Lipinski definition) is 1. The van der Waals surface area contributed by atoms with Gasteiger partial charge in [-0.1, -0.05) is 42.8 Å². The molecule has 1 N–H and O–H groups in total. The third-order valence-electron chi connectivity index (χ3n) is 3.16. The average molecular weight is 404 g/mol. The van der Waals surface area contributed by atoms with Gasteiger partial charge in [0, 0.05) is 9.61 Å². The molecule has 0 aliphatic heterocycles. The number of nitrogens with one attached hydrogen (secondary N) is 1. The van der Waals surface area contributed by atoms with Gasteiger partial charge in [-0.25, -0.2) is 4.39 Å². The molecular weight excluding hydrogens is 388 g/mol. The van der Waals surface area contributed by atoms with Crippen LogP contribution in [0.5, 0.6) is 0 Å². The number of benzene rings is 2. The van der Waals surface area contributed by atoms with Gasteiger partial charge in [-0.2, -0.15) is 0 Å². The van der Waals surface area contributed by atoms with Gasteiger partial charge in [0.1, 0.15) is 5.82 Å². The first-order chi connectivity index (χ1) is 9.61. The number of likely N-dealkylation sites (N-methyl/N-ethyl adjacent to an activating group) is 1. The van der Waals surface area contributed by atoms with Gasteiger partial charge in [-0.15, -0.1) is 0 Å². The third kappa shape index (κ3) is 3.93. The minimum atomic E-state index is -0.359. The quantitative estimate of drug-likeness (QED) is 0.695. The van der Waals surface area contributed by atoms with Gasteiger partial charge >= 0.3 is 0 Å². The summed E-state index contributed by atoms with van der Waals surface area (Å²) in [5.41, 5.74) is 2.02. The van der Waals surface area contributed by atoms with Gasteiger partial charge in [-0.3, -0.25) is 0 Å². The van der Waals surface area contributed by atoms with E-state index in [-0.39, 0.29) is 16.9 Å². The maximum Gasteiger partial charge on any atom is 0.142 e. The lowest BCUT2D eigenvalue weighted by Gasteiger charge is -2.19. The molecule has 1 nitrogen and oxygen atoms in total. The van der Waals surface area contributed by atoms with Crippen molar-refractivity contribution in [2.75, 3.05) is 6.54 Å². The second-order valence-electron chi connectivity index (χ2n) is 4.58. The fourth-order valence-electron chi connectivity index (χ4n) is 2.20. The maximum atomic E-state index is 13.5. The van der Waals surface area contributed by atoms with Crippen LogP contribution >= 0.6 is 34.2 Å². The van der Waals surface area contributed by atoms with Crippen molar-refractivity contribution in [1.29, 1.82) is 0 Å². The van der Waals surface area contributed by atoms with E-state index in [1.807, 2.05) is 12.1 Å². The predicted molar refractivity (Wildman–Crippen MR) is 90.7 cm³/mol. The molecule has 2 aromatic rings. The van der Waals surface area contributed by atoms with Crippen LogP contribution in [0.1, 0.15) is 24.1 Å². The summed E-state index contributed by atoms with van der Waals surface area (Å²) in [7, 11) is 0. The zero-order valence-corrected chi connectivity index (χ0v) is 14.1. The Bertz CT molecular complexity index is 588. The minimum absolute atomic E-state index is 0.133. The van der Waals surface area contributed by atoms with Crippen molar-refractivity contribution in [1.82, 2.24) is 5.32 Å². The highest BCUT2D eigenvalue weighted by Gasteiger charge is 2.14. The lowest BCUT2D eigenvalue weighted by atomic mass is 9.98. The van der Waals surface area contributed by atoms with Crippen molar-refractivity contribution in [3.05, 3.63) is 68.0 Å². The summed E-state index contributed by atoms with van der Waals surface area (Å²) in [4.78, 5) is 0. The van der Waals surface area contributed by atoms with E-state index in [4.69, 9.17) is 11.6 Å². The first-order valence-corrected chi connectivity index (χ1v) is 7.99. The second kappa shape index (κ2) is 7.38. The lowest BCUT2D eigenvalue weighted by molar-refractivity contribution is 0.546. The van der Waals surface area contributed by atoms with Crippen LogP contribution in [0.4, 0.5) is 4.39 Å². The minimum Gasteiger partial charge on any atom is -0.310 e. The van der Waals surface area contributed by atoms with Gasteiger partial charge in [0.05, 0.1) is 5.02 Å². The topological polar surface area (TPSA) is 12.0 Å². The molecule has 1 unspecified atom stereocenters. The molecular formula is C16H16ClFIN. The Morgan fingerprint density at radius 2 is 2.00 bits per heavy atom. The molecule has 2 aromatic carbocycles. The molecule has 0 radical (unpaired) electrons. The molecule has 0 amide bonds. The molecule has 0 saturated carbocycles. The monoisotopic (exact) mass is 403 g/mol. The summed E-state index contributed by atoms with van der Waals surface area (Å²) >= 11 is 8.35. The highest BCUT2D eigenvalue weighted by molar-refractivity contribution is 14.1. The van der Waals surface area contributed by atoms with Crippen molar-refractivity contribution in [3.63, 3.8) is 0 Å². The molecule has 106 valence electrons. The van der Waals surface area contributed by atoms with Crippen LogP contribution in [0.3, 0.4) is 0 Å². The van der Waals surface area contributed by atoms with Gasteiger partial charge in [0.2, 0.25) is 0 Å². The third-order valence-corrected chi connectivity index (χ3v) is 4.25. The van der Waals surface area contributed by atoms with Gasteiger partial charge in [-0.05, 0) is 64.9 Å². The molecule has 0 aromatic heterocycles. The fraction of sp³-hybridized carbons (Fsp3) is 0.250. The summed E-state index contributed by atoms with van der Waals surface area (Å²) in [6, 6.07) is 13.4. The summed E-state index contributed by atoms with van der Waals surface area (Å²) in [6.45, 7) is 2.91. The van der Waals surface area contributed by atoms with E-state index in [2.05, 4.69) is 53.0 Å². The Morgan fingerprint density at radius 3 is 2.70 bits per heavy atom. The second-order valence-corrected chi connectivity index (χ2v) is 6.21. The van der Waals surface area contributed by atoms with Gasteiger partial charge in [0.15, 0.2) is 0 Å². The van der Waals surface area contributed by atoms with Gasteiger partial charge in [0.25, 0.3) is 0 Å². The van der Waals surface area contributed by atoms with Crippen molar-refractivity contribution < 1.29 is 4.39 Å². The number of hydrogen-bond donors (Lipinski definition) is 1. The zero-order valence-electron chi connectivity index (χ0n) is 11.2. The smallest absolute Gasteiger partial charge is 0.142 e. The summed E-state index contributed by atoms with van der Waals surface area (Å²) in [6.07, 6.45) is 0.671. The van der Waals surface area contributed by atoms with Crippen LogP contribution in [-0.2, 0) is 6.42 Å². The number of rotatable bonds is 5. The van der Waals surface area contributed by atoms with E-state index < -0.39 is 0 Å². The molecule has 2 rings (SSSR count). The highest BCUT2D eigenvalue weighted by Crippen LogP contribution is 2.26. The summed E-state index contributed by atoms with van der Waals surface area (Å²) in [5.74, 6) is -0.359. The maximum absolute atomic E-state index is 13.5. The standard InChI is InChI=1S/C16H16ClFIN/c1-2-20-15(11-5-3-7-13(19)9-11)10-12-6-4-8-14(18)16(12)17/h3-9,15,20H,2,10H2,1H3. The van der Waals surface area contributed by atoms with Crippen molar-refractivity contribution in [2.24, 2.45) is 0 Å². The summed E-state index contributed by atoms with van der Waals surface area (Å²) < 4.78 is 14.7. The Morgan fingerprint density at radius 1 is 1.25 bits per heavy atom. The Hall–Kier alpha value is -0.650. The molecule has 0 aliphatic rings. The van der Waals surface area contributed by atoms with Crippen LogP contribution in [-0.4, -0.2) is 6.54 Å². The van der Waals surface area contributed by atoms with E-state index in [0.717, 1.165) is 12.1 Å². The summed E-state index contributed by atoms with van der Waals surface area (Å²) in [5, 5.41) is 3.66. The van der Waals surface area contributed by atoms with Crippen LogP contribution in [0.2, 0.25) is 5.02 Å². The van der Waals surface area contributed by atoms with Crippen molar-refractivity contribution in [3.8, 4) is 0 Å². The fourth-order valence-corrected chi connectivity index (χ4v) is 2.97. The average Bonchev–Trinajstić information content (AvgIpc) is 2.43. The van der Waals surface area contributed by atoms with E-state index in [0.29, 0.717) is 6.42 Å². The molecule has 4 heteroatoms. The zero-order chi connectivity index (χ0) is 14.5. The van der Waals surface area contributed by atoms with E-state index >= 15 is 0 Å². The van der Waals surface area contributed by atoms with Crippen molar-refractivity contribution in [2.45, 2.75) is 19.4 Å². The van der Waals surface area contributed by atoms with Gasteiger partial charge < -0.3 is 5.32 Å². The molecule has 0 bridgehead atoms. The molecule has 0 heterocycles. The first-order valence-electron chi connectivity index (χ1n) is 6.53. The molecule has 20 heavy (non-hydrogen) atoms. The Labute approximate surface area is 137 Å². The first kappa shape index (κ1) is 15.7. The van der Waals surface area contributed by atoms with Crippen LogP contribution in [0.15, 0.2) is 42.5 Å². The normalized spacial score (nSPS) is 12.4. The lowest BCUT2D eigenvalue weighted by Crippen LogP contribution is -2.23. The van der Waals surface area contributed by atoms with Crippen molar-refractivity contribution >= 4 is 34.2 Å². The highest BCUT2D eigenvalue weighted by atomic mass is 127. The Balaban J connectivity index is 2.28. The van der Waals surface area contributed by atoms with E-state index in [1.54, 1.807) is 6.07 Å². The predicted octanol–water partition coefficient (Wildman–Crippen LogP) is 4.98. The molecule has 0 aliphatic carbocycles. The van der Waals surface area contributed by atoms with Crippen LogP contribution in [0.25, 0.3) is 0 Å². The Kier molecular flexibility index (Phi) is 5.81. The largest absolute Gasteiger partial charge is 0.310 e. The SMILES string of the molecule is CCNC(Cc1cccc(F)c1Cl)c1cccc(I)c1. The van der Waals surface area contributed by atoms with Crippen LogP contribution in [0, 0.1) is 9.39 Å². The molecule has 1 atom stereocenters. The van der Waals surface area contributed by atoms with E-state index in [9.17, 15) is 4.39 Å². The molecule has 0 spiro atoms. The molecule has 0 saturated heterocycles. The number of halogens is 3. The van der Waals surface area contributed by atoms with E-state index in [1.165, 1.54) is 15.2 Å². The molecule has 0 fully saturated rings. The van der Waals surface area contributed by atoms with Crippen LogP contribution < -0.4 is 5.32 Å².